The van der Waals surface area contributed by atoms with Gasteiger partial charge in [-0.05, 0) is 67.4 Å². The number of rotatable bonds is 7. The Morgan fingerprint density at radius 2 is 2.00 bits per heavy atom. The van der Waals surface area contributed by atoms with Gasteiger partial charge in [-0.25, -0.2) is 8.42 Å². The van der Waals surface area contributed by atoms with E-state index in [2.05, 4.69) is 10.0 Å². The number of carbonyl (C=O) groups is 1. The van der Waals surface area contributed by atoms with Gasteiger partial charge in [-0.1, -0.05) is 18.2 Å². The number of anilines is 2. The first kappa shape index (κ1) is 23.4. The summed E-state index contributed by atoms with van der Waals surface area (Å²) in [5.74, 6) is 0.818. The Bertz CT molecular complexity index is 1390. The number of Topliss-reactive ketones (excluding diaryl/α,β-unsaturated/α-hetero) is 1. The van der Waals surface area contributed by atoms with Crippen molar-refractivity contribution in [3.63, 3.8) is 0 Å². The molecule has 2 aliphatic rings. The highest BCUT2D eigenvalue weighted by molar-refractivity contribution is 7.92. The predicted octanol–water partition coefficient (Wildman–Crippen LogP) is 5.26. The van der Waals surface area contributed by atoms with Crippen LogP contribution in [0.1, 0.15) is 59.5 Å². The van der Waals surface area contributed by atoms with Crippen molar-refractivity contribution in [3.8, 4) is 5.75 Å². The van der Waals surface area contributed by atoms with Crippen LogP contribution in [0.5, 0.6) is 5.75 Å². The van der Waals surface area contributed by atoms with E-state index in [0.29, 0.717) is 30.9 Å². The van der Waals surface area contributed by atoms with Crippen LogP contribution >= 0.6 is 0 Å². The number of hydrogen-bond donors (Lipinski definition) is 2. The van der Waals surface area contributed by atoms with E-state index in [-0.39, 0.29) is 22.8 Å². The molecule has 2 N–H and O–H groups in total. The summed E-state index contributed by atoms with van der Waals surface area (Å²) in [6.07, 6.45) is 1.10. The fourth-order valence-electron chi connectivity index (χ4n) is 4.71. The minimum atomic E-state index is -3.80. The third kappa shape index (κ3) is 4.76. The van der Waals surface area contributed by atoms with Gasteiger partial charge in [0, 0.05) is 42.0 Å². The van der Waals surface area contributed by atoms with Gasteiger partial charge in [0.15, 0.2) is 5.78 Å². The van der Waals surface area contributed by atoms with Gasteiger partial charge in [0.05, 0.1) is 23.6 Å². The first-order valence-electron chi connectivity index (χ1n) is 11.8. The molecule has 0 bridgehead atoms. The van der Waals surface area contributed by atoms with Crippen molar-refractivity contribution >= 4 is 27.2 Å². The van der Waals surface area contributed by atoms with Crippen LogP contribution in [0.25, 0.3) is 0 Å². The third-order valence-corrected chi connectivity index (χ3v) is 7.84. The Hall–Kier alpha value is -3.36. The van der Waals surface area contributed by atoms with Crippen molar-refractivity contribution < 1.29 is 22.7 Å². The Morgan fingerprint density at radius 1 is 1.14 bits per heavy atom. The number of sulfonamides is 1. The standard InChI is InChI=1S/C27H28N2O5S/c1-3-33-27-16-25(19-6-4-5-18(13-19)17(2)30)28-24-9-8-22(15-23(24)27)35(31,32)29-21-7-10-26-20(14-21)11-12-34-26/h4-10,13-15,25,27-29H,3,11-12,16H2,1-2H3/t25?,27-/m0/s1. The van der Waals surface area contributed by atoms with Gasteiger partial charge in [0.1, 0.15) is 5.75 Å². The van der Waals surface area contributed by atoms with Crippen molar-refractivity contribution in [2.45, 2.75) is 43.7 Å². The summed E-state index contributed by atoms with van der Waals surface area (Å²) in [4.78, 5) is 12.0. The largest absolute Gasteiger partial charge is 0.493 e. The molecule has 0 aliphatic carbocycles. The molecular weight excluding hydrogens is 464 g/mol. The number of fused-ring (bicyclic) bond motifs is 2. The van der Waals surface area contributed by atoms with Gasteiger partial charge in [-0.3, -0.25) is 9.52 Å². The van der Waals surface area contributed by atoms with Gasteiger partial charge in [0.2, 0.25) is 0 Å². The lowest BCUT2D eigenvalue weighted by Crippen LogP contribution is -2.24. The Morgan fingerprint density at radius 3 is 2.80 bits per heavy atom. The summed E-state index contributed by atoms with van der Waals surface area (Å²) in [6, 6.07) is 17.9. The summed E-state index contributed by atoms with van der Waals surface area (Å²) in [5, 5.41) is 3.50. The molecular formula is C27H28N2O5S. The zero-order chi connectivity index (χ0) is 24.6. The van der Waals surface area contributed by atoms with Crippen LogP contribution in [0.15, 0.2) is 65.6 Å². The Labute approximate surface area is 205 Å². The third-order valence-electron chi connectivity index (χ3n) is 6.46. The molecule has 7 nitrogen and oxygen atoms in total. The molecule has 0 spiro atoms. The summed E-state index contributed by atoms with van der Waals surface area (Å²) >= 11 is 0. The second-order valence-corrected chi connectivity index (χ2v) is 10.5. The molecule has 5 rings (SSSR count). The fraction of sp³-hybridized carbons (Fsp3) is 0.296. The maximum Gasteiger partial charge on any atom is 0.261 e. The van der Waals surface area contributed by atoms with E-state index in [1.807, 2.05) is 31.2 Å². The van der Waals surface area contributed by atoms with Crippen LogP contribution < -0.4 is 14.8 Å². The van der Waals surface area contributed by atoms with Crippen LogP contribution in [0.2, 0.25) is 0 Å². The van der Waals surface area contributed by atoms with E-state index in [0.717, 1.165) is 34.5 Å². The highest BCUT2D eigenvalue weighted by atomic mass is 32.2. The van der Waals surface area contributed by atoms with Crippen molar-refractivity contribution in [2.24, 2.45) is 0 Å². The molecule has 0 fully saturated rings. The molecule has 0 radical (unpaired) electrons. The van der Waals surface area contributed by atoms with Gasteiger partial charge in [0.25, 0.3) is 10.0 Å². The van der Waals surface area contributed by atoms with Crippen LogP contribution in [-0.2, 0) is 21.2 Å². The smallest absolute Gasteiger partial charge is 0.261 e. The quantitative estimate of drug-likeness (QED) is 0.437. The van der Waals surface area contributed by atoms with E-state index in [1.165, 1.54) is 0 Å². The zero-order valence-electron chi connectivity index (χ0n) is 19.7. The van der Waals surface area contributed by atoms with Gasteiger partial charge in [-0.15, -0.1) is 0 Å². The Balaban J connectivity index is 1.43. The molecule has 2 atom stereocenters. The minimum absolute atomic E-state index is 0.0164. The molecule has 1 unspecified atom stereocenters. The SMILES string of the molecule is CCO[C@H]1CC(c2cccc(C(C)=O)c2)Nc2ccc(S(=O)(=O)Nc3ccc4c(c3)CCO4)cc21. The lowest BCUT2D eigenvalue weighted by Gasteiger charge is -2.33. The highest BCUT2D eigenvalue weighted by Gasteiger charge is 2.30. The number of benzene rings is 3. The van der Waals surface area contributed by atoms with Gasteiger partial charge >= 0.3 is 0 Å². The number of nitrogens with one attached hydrogen (secondary N) is 2. The first-order valence-corrected chi connectivity index (χ1v) is 13.2. The van der Waals surface area contributed by atoms with E-state index < -0.39 is 10.0 Å². The second kappa shape index (κ2) is 9.36. The van der Waals surface area contributed by atoms with Crippen molar-refractivity contribution in [3.05, 3.63) is 82.9 Å². The summed E-state index contributed by atoms with van der Waals surface area (Å²) < 4.78 is 40.6. The predicted molar refractivity (Wildman–Crippen MR) is 135 cm³/mol. The van der Waals surface area contributed by atoms with E-state index in [1.54, 1.807) is 43.3 Å². The number of ether oxygens (including phenoxy) is 2. The maximum atomic E-state index is 13.2. The summed E-state index contributed by atoms with van der Waals surface area (Å²) in [5.41, 5.74) is 4.78. The molecule has 0 amide bonds. The summed E-state index contributed by atoms with van der Waals surface area (Å²) in [6.45, 7) is 4.59. The summed E-state index contributed by atoms with van der Waals surface area (Å²) in [7, 11) is -3.80. The molecule has 2 aliphatic heterocycles. The van der Waals surface area contributed by atoms with E-state index in [9.17, 15) is 13.2 Å². The number of ketones is 1. The molecule has 0 saturated carbocycles. The Kier molecular flexibility index (Phi) is 6.25. The number of carbonyl (C=O) groups excluding carboxylic acids is 1. The molecule has 3 aromatic rings. The monoisotopic (exact) mass is 492 g/mol. The lowest BCUT2D eigenvalue weighted by molar-refractivity contribution is 0.0497. The maximum absolute atomic E-state index is 13.2. The van der Waals surface area contributed by atoms with Crippen molar-refractivity contribution in [2.75, 3.05) is 23.3 Å². The second-order valence-electron chi connectivity index (χ2n) is 8.83. The van der Waals surface area contributed by atoms with Crippen LogP contribution in [0.4, 0.5) is 11.4 Å². The molecule has 182 valence electrons. The van der Waals surface area contributed by atoms with Gasteiger partial charge < -0.3 is 14.8 Å². The topological polar surface area (TPSA) is 93.7 Å². The zero-order valence-corrected chi connectivity index (χ0v) is 20.5. The van der Waals surface area contributed by atoms with Crippen LogP contribution in [-0.4, -0.2) is 27.4 Å². The van der Waals surface area contributed by atoms with Crippen molar-refractivity contribution in [1.29, 1.82) is 0 Å². The highest BCUT2D eigenvalue weighted by Crippen LogP contribution is 2.42. The molecule has 0 aromatic heterocycles. The van der Waals surface area contributed by atoms with Crippen LogP contribution in [0.3, 0.4) is 0 Å². The van der Waals surface area contributed by atoms with Crippen molar-refractivity contribution in [1.82, 2.24) is 0 Å². The van der Waals surface area contributed by atoms with Gasteiger partial charge in [-0.2, -0.15) is 0 Å². The minimum Gasteiger partial charge on any atom is -0.493 e. The average molecular weight is 493 g/mol. The molecule has 0 saturated heterocycles. The van der Waals surface area contributed by atoms with E-state index >= 15 is 0 Å². The lowest BCUT2D eigenvalue weighted by atomic mass is 9.90. The first-order chi connectivity index (χ1) is 16.8. The molecule has 3 aromatic carbocycles. The number of hydrogen-bond acceptors (Lipinski definition) is 6. The molecule has 35 heavy (non-hydrogen) atoms. The average Bonchev–Trinajstić information content (AvgIpc) is 3.31. The van der Waals surface area contributed by atoms with Crippen LogP contribution in [0, 0.1) is 0 Å². The normalized spacial score (nSPS) is 18.7. The fourth-order valence-corrected chi connectivity index (χ4v) is 5.79. The van der Waals surface area contributed by atoms with E-state index in [4.69, 9.17) is 9.47 Å². The molecule has 8 heteroatoms. The molecule has 2 heterocycles.